The van der Waals surface area contributed by atoms with E-state index < -0.39 is 0 Å². The lowest BCUT2D eigenvalue weighted by Gasteiger charge is -2.17. The second-order valence-electron chi connectivity index (χ2n) is 13.2. The van der Waals surface area contributed by atoms with E-state index in [1.165, 1.54) is 86.9 Å². The van der Waals surface area contributed by atoms with Crippen molar-refractivity contribution in [2.24, 2.45) is 0 Å². The molecule has 0 radical (unpaired) electrons. The maximum absolute atomic E-state index is 6.68. The first-order valence-corrected chi connectivity index (χ1v) is 16.9. The van der Waals surface area contributed by atoms with E-state index in [9.17, 15) is 0 Å². The summed E-state index contributed by atoms with van der Waals surface area (Å²) in [6.45, 7) is 0. The third kappa shape index (κ3) is 3.76. The molecule has 0 fully saturated rings. The fraction of sp³-hybridized carbons (Fsp3) is 0. The summed E-state index contributed by atoms with van der Waals surface area (Å²) in [6.07, 6.45) is 0. The Bertz CT molecular complexity index is 3090. The van der Waals surface area contributed by atoms with Gasteiger partial charge in [0.2, 0.25) is 0 Å². The van der Waals surface area contributed by atoms with Crippen LogP contribution in [0.1, 0.15) is 0 Å². The molecule has 1 nitrogen and oxygen atoms in total. The normalized spacial score (nSPS) is 12.1. The van der Waals surface area contributed by atoms with Crippen LogP contribution < -0.4 is 0 Å². The average molecular weight is 621 g/mol. The smallest absolute Gasteiger partial charge is 0.136 e. The van der Waals surface area contributed by atoms with Gasteiger partial charge < -0.3 is 4.42 Å². The molecule has 0 saturated carbocycles. The molecule has 0 aliphatic heterocycles. The zero-order chi connectivity index (χ0) is 32.1. The van der Waals surface area contributed by atoms with Crippen LogP contribution in [0.4, 0.5) is 0 Å². The molecular formula is C48H28O. The summed E-state index contributed by atoms with van der Waals surface area (Å²) in [5.41, 5.74) is 6.78. The molecule has 0 amide bonds. The van der Waals surface area contributed by atoms with Gasteiger partial charge in [0.1, 0.15) is 11.2 Å². The van der Waals surface area contributed by atoms with Gasteiger partial charge in [-0.1, -0.05) is 146 Å². The second kappa shape index (κ2) is 10.0. The van der Waals surface area contributed by atoms with E-state index in [1.54, 1.807) is 0 Å². The van der Waals surface area contributed by atoms with E-state index in [4.69, 9.17) is 4.42 Å². The number of hydrogen-bond acceptors (Lipinski definition) is 1. The van der Waals surface area contributed by atoms with Gasteiger partial charge in [-0.3, -0.25) is 0 Å². The SMILES string of the molecule is c1ccc(-c2c3ccccc3c(-c3ccc4oc5cc6c(cc5c4c3)c3ccccc3c3ccc4ccccc4c36)c3ccccc23)cc1. The molecule has 1 heteroatoms. The predicted octanol–water partition coefficient (Wildman–Crippen LogP) is 13.8. The third-order valence-corrected chi connectivity index (χ3v) is 10.6. The minimum absolute atomic E-state index is 0.905. The van der Waals surface area contributed by atoms with E-state index in [0.29, 0.717) is 0 Å². The molecule has 1 aromatic heterocycles. The predicted molar refractivity (Wildman–Crippen MR) is 210 cm³/mol. The highest BCUT2D eigenvalue weighted by atomic mass is 16.3. The highest BCUT2D eigenvalue weighted by Gasteiger charge is 2.19. The first-order chi connectivity index (χ1) is 24.3. The van der Waals surface area contributed by atoms with Gasteiger partial charge in [-0.05, 0) is 111 Å². The lowest BCUT2D eigenvalue weighted by Crippen LogP contribution is -1.90. The standard InChI is InChI=1S/C48H28O/c1-2-13-30(14-3-1)46-35-18-8-10-20-37(35)47(38-21-11-9-19-36(38)46)31-23-25-44-41(26-31)42-27-40-34-17-7-6-16-33(34)39-24-22-29-12-4-5-15-32(29)48(39)43(40)28-45(42)49-44/h1-28H. The average Bonchev–Trinajstić information content (AvgIpc) is 3.53. The Hall–Kier alpha value is -6.44. The molecule has 49 heavy (non-hydrogen) atoms. The fourth-order valence-electron chi connectivity index (χ4n) is 8.50. The summed E-state index contributed by atoms with van der Waals surface area (Å²) in [6, 6.07) is 62.0. The maximum Gasteiger partial charge on any atom is 0.136 e. The molecule has 11 rings (SSSR count). The molecule has 11 aromatic rings. The molecule has 10 aromatic carbocycles. The molecule has 1 heterocycles. The number of fused-ring (bicyclic) bond motifs is 13. The third-order valence-electron chi connectivity index (χ3n) is 10.6. The summed E-state index contributed by atoms with van der Waals surface area (Å²) >= 11 is 0. The van der Waals surface area contributed by atoms with E-state index in [-0.39, 0.29) is 0 Å². The summed E-state index contributed by atoms with van der Waals surface area (Å²) in [5, 5.41) is 17.4. The van der Waals surface area contributed by atoms with Gasteiger partial charge >= 0.3 is 0 Å². The van der Waals surface area contributed by atoms with Gasteiger partial charge in [0.05, 0.1) is 0 Å². The van der Waals surface area contributed by atoms with Crippen LogP contribution in [0.25, 0.3) is 109 Å². The van der Waals surface area contributed by atoms with Crippen LogP contribution >= 0.6 is 0 Å². The monoisotopic (exact) mass is 620 g/mol. The molecule has 0 saturated heterocycles. The molecule has 0 aliphatic carbocycles. The highest BCUT2D eigenvalue weighted by Crippen LogP contribution is 2.46. The first kappa shape index (κ1) is 26.6. The van der Waals surface area contributed by atoms with Crippen LogP contribution in [-0.2, 0) is 0 Å². The van der Waals surface area contributed by atoms with Crippen LogP contribution in [0.3, 0.4) is 0 Å². The molecule has 226 valence electrons. The Morgan fingerprint density at radius 3 is 1.51 bits per heavy atom. The number of benzene rings is 10. The molecule has 0 aliphatic rings. The Balaban J connectivity index is 1.24. The molecule has 0 spiro atoms. The summed E-state index contributed by atoms with van der Waals surface area (Å²) in [7, 11) is 0. The summed E-state index contributed by atoms with van der Waals surface area (Å²) < 4.78 is 6.68. The largest absolute Gasteiger partial charge is 0.456 e. The van der Waals surface area contributed by atoms with Crippen molar-refractivity contribution >= 4 is 86.6 Å². The Morgan fingerprint density at radius 2 is 0.816 bits per heavy atom. The minimum Gasteiger partial charge on any atom is -0.456 e. The molecule has 0 bridgehead atoms. The zero-order valence-electron chi connectivity index (χ0n) is 26.6. The van der Waals surface area contributed by atoms with Crippen molar-refractivity contribution in [1.29, 1.82) is 0 Å². The van der Waals surface area contributed by atoms with Crippen LogP contribution in [0.5, 0.6) is 0 Å². The van der Waals surface area contributed by atoms with Gasteiger partial charge in [0.15, 0.2) is 0 Å². The summed E-state index contributed by atoms with van der Waals surface area (Å²) in [4.78, 5) is 0. The molecule has 0 atom stereocenters. The highest BCUT2D eigenvalue weighted by molar-refractivity contribution is 6.33. The van der Waals surface area contributed by atoms with E-state index in [0.717, 1.165) is 21.9 Å². The first-order valence-electron chi connectivity index (χ1n) is 16.9. The van der Waals surface area contributed by atoms with Gasteiger partial charge in [0, 0.05) is 10.8 Å². The van der Waals surface area contributed by atoms with Crippen LogP contribution in [-0.4, -0.2) is 0 Å². The van der Waals surface area contributed by atoms with Crippen LogP contribution in [0, 0.1) is 0 Å². The lowest BCUT2D eigenvalue weighted by molar-refractivity contribution is 0.669. The molecule has 0 N–H and O–H groups in total. The van der Waals surface area contributed by atoms with Crippen LogP contribution in [0.15, 0.2) is 174 Å². The Labute approximate surface area is 282 Å². The van der Waals surface area contributed by atoms with Gasteiger partial charge in [0.25, 0.3) is 0 Å². The molecular weight excluding hydrogens is 593 g/mol. The number of rotatable bonds is 2. The fourth-order valence-corrected chi connectivity index (χ4v) is 8.50. The quantitative estimate of drug-likeness (QED) is 0.138. The van der Waals surface area contributed by atoms with Crippen molar-refractivity contribution in [1.82, 2.24) is 0 Å². The van der Waals surface area contributed by atoms with Crippen molar-refractivity contribution in [2.45, 2.75) is 0 Å². The number of furan rings is 1. The van der Waals surface area contributed by atoms with E-state index in [2.05, 4.69) is 170 Å². The second-order valence-corrected chi connectivity index (χ2v) is 13.2. The Kier molecular flexibility index (Phi) is 5.45. The molecule has 0 unspecified atom stereocenters. The van der Waals surface area contributed by atoms with Crippen molar-refractivity contribution in [3.05, 3.63) is 170 Å². The number of hydrogen-bond donors (Lipinski definition) is 0. The van der Waals surface area contributed by atoms with Crippen molar-refractivity contribution < 1.29 is 4.42 Å². The summed E-state index contributed by atoms with van der Waals surface area (Å²) in [5.74, 6) is 0. The van der Waals surface area contributed by atoms with Gasteiger partial charge in [-0.15, -0.1) is 0 Å². The van der Waals surface area contributed by atoms with Gasteiger partial charge in [-0.2, -0.15) is 0 Å². The van der Waals surface area contributed by atoms with Crippen molar-refractivity contribution in [2.75, 3.05) is 0 Å². The van der Waals surface area contributed by atoms with E-state index >= 15 is 0 Å². The van der Waals surface area contributed by atoms with Gasteiger partial charge in [-0.25, -0.2) is 0 Å². The van der Waals surface area contributed by atoms with Crippen LogP contribution in [0.2, 0.25) is 0 Å². The topological polar surface area (TPSA) is 13.1 Å². The lowest BCUT2D eigenvalue weighted by atomic mass is 9.85. The minimum atomic E-state index is 0.905. The van der Waals surface area contributed by atoms with E-state index in [1.807, 2.05) is 0 Å². The maximum atomic E-state index is 6.68. The van der Waals surface area contributed by atoms with Crippen molar-refractivity contribution in [3.8, 4) is 22.3 Å². The zero-order valence-corrected chi connectivity index (χ0v) is 26.6. The van der Waals surface area contributed by atoms with Crippen molar-refractivity contribution in [3.63, 3.8) is 0 Å². The Morgan fingerprint density at radius 1 is 0.265 bits per heavy atom.